The van der Waals surface area contributed by atoms with Crippen LogP contribution in [-0.2, 0) is 9.47 Å². The van der Waals surface area contributed by atoms with Gasteiger partial charge in [-0.1, -0.05) is 258 Å². The number of benzene rings is 8. The molecule has 119 heavy (non-hydrogen) atoms. The Morgan fingerprint density at radius 1 is 0.252 bits per heavy atom. The van der Waals surface area contributed by atoms with Crippen LogP contribution >= 0.6 is 0 Å². The normalized spacial score (nSPS) is 12.6. The third-order valence-electron chi connectivity index (χ3n) is 23.0. The second kappa shape index (κ2) is 35.2. The predicted octanol–water partition coefficient (Wildman–Crippen LogP) is 27.8. The van der Waals surface area contributed by atoms with E-state index in [4.69, 9.17) is 29.4 Å². The van der Waals surface area contributed by atoms with Crippen molar-refractivity contribution in [3.05, 3.63) is 336 Å². The average Bonchev–Trinajstić information content (AvgIpc) is 1.62. The number of nitrogens with zero attached hydrogens (tertiary/aromatic N) is 4. The molecule has 584 valence electrons. The molecule has 4 aliphatic heterocycles. The summed E-state index contributed by atoms with van der Waals surface area (Å²) in [7, 11) is 0. The van der Waals surface area contributed by atoms with Gasteiger partial charge >= 0.3 is 11.9 Å². The third kappa shape index (κ3) is 16.6. The van der Waals surface area contributed by atoms with Gasteiger partial charge in [-0.25, -0.2) is 29.5 Å². The summed E-state index contributed by atoms with van der Waals surface area (Å²) in [6, 6.07) is 95.3. The van der Waals surface area contributed by atoms with Crippen LogP contribution in [0, 0.1) is 0 Å². The maximum Gasteiger partial charge on any atom is 0.338 e. The van der Waals surface area contributed by atoms with Crippen molar-refractivity contribution >= 4 is 105 Å². The minimum Gasteiger partial charge on any atom is -0.459 e. The second-order valence-electron chi connectivity index (χ2n) is 31.1. The number of hydrogen-bond acceptors (Lipinski definition) is 8. The smallest absolute Gasteiger partial charge is 0.338 e. The monoisotopic (exact) mass is 1550 g/mol. The Balaban J connectivity index is 0.561. The van der Waals surface area contributed by atoms with Gasteiger partial charge in [0.1, 0.15) is 6.10 Å². The molecule has 6 aromatic heterocycles. The zero-order valence-corrected chi connectivity index (χ0v) is 66.9. The number of ether oxygens (including phenoxy) is 2. The molecule has 10 heterocycles. The molecule has 12 heteroatoms. The summed E-state index contributed by atoms with van der Waals surface area (Å²) in [6.45, 7) is 4.22. The van der Waals surface area contributed by atoms with E-state index in [0.717, 1.165) is 249 Å². The quantitative estimate of drug-likeness (QED) is 0.0307. The molecule has 0 radical (unpaired) electrons. The zero-order valence-electron chi connectivity index (χ0n) is 66.9. The number of aromatic nitrogens is 8. The number of esters is 2. The molecule has 12 nitrogen and oxygen atoms in total. The van der Waals surface area contributed by atoms with Crippen LogP contribution in [0.15, 0.2) is 279 Å². The molecule has 0 amide bonds. The molecular weight excluding hydrogens is 1460 g/mol. The lowest BCUT2D eigenvalue weighted by Gasteiger charge is -2.18. The topological polar surface area (TPSA) is 167 Å². The van der Waals surface area contributed by atoms with Crippen LogP contribution < -0.4 is 0 Å². The Bertz CT molecular complexity index is 6480. The number of rotatable bonds is 26. The summed E-state index contributed by atoms with van der Waals surface area (Å²) in [4.78, 5) is 65.8. The van der Waals surface area contributed by atoms with Gasteiger partial charge in [0.2, 0.25) is 0 Å². The van der Waals surface area contributed by atoms with E-state index in [9.17, 15) is 9.59 Å². The minimum absolute atomic E-state index is 0.205. The van der Waals surface area contributed by atoms with Crippen LogP contribution in [0.5, 0.6) is 0 Å². The molecule has 0 unspecified atom stereocenters. The lowest BCUT2D eigenvalue weighted by Crippen LogP contribution is -2.18. The summed E-state index contributed by atoms with van der Waals surface area (Å²) in [5.74, 6) is -0.672. The zero-order chi connectivity index (χ0) is 80.4. The van der Waals surface area contributed by atoms with Crippen molar-refractivity contribution in [3.63, 3.8) is 0 Å². The third-order valence-corrected chi connectivity index (χ3v) is 23.0. The van der Waals surface area contributed by atoms with E-state index in [2.05, 4.69) is 270 Å². The largest absolute Gasteiger partial charge is 0.459 e. The van der Waals surface area contributed by atoms with Crippen molar-refractivity contribution in [1.82, 2.24) is 39.9 Å². The summed E-state index contributed by atoms with van der Waals surface area (Å²) in [6.07, 6.45) is 29.3. The lowest BCUT2D eigenvalue weighted by molar-refractivity contribution is 0.0248. The highest BCUT2D eigenvalue weighted by Gasteiger charge is 2.25. The van der Waals surface area contributed by atoms with Crippen LogP contribution in [0.4, 0.5) is 0 Å². The molecule has 4 N–H and O–H groups in total. The highest BCUT2D eigenvalue weighted by molar-refractivity contribution is 6.04. The Morgan fingerprint density at radius 3 is 0.706 bits per heavy atom. The molecule has 2 atom stereocenters. The fraction of sp³-hybridized carbons (Fsp3) is 0.159. The molecule has 8 aromatic carbocycles. The number of unbranched alkanes of at least 4 members (excludes halogenated alkanes) is 8. The second-order valence-corrected chi connectivity index (χ2v) is 31.1. The number of nitrogens with one attached hydrogen (secondary N) is 4. The van der Waals surface area contributed by atoms with E-state index in [-0.39, 0.29) is 24.1 Å². The molecular formula is C107H92N8O4. The first-order valence-electron chi connectivity index (χ1n) is 42.0. The SMILES string of the molecule is CCCCCCC[C@H](CCCCCCC[C@H](C)OC(=O)c1ccc(-c2c3nc(c(-c4ccccc4)c4ccc([nH]4)c(-c4ccccc4)c4nc(c(-c5ccccc5)c5ccc2[nH]5)C=C4)C=C3)cc1)OC(=O)c1ccc(-c2c3nc(c(-c4ccccc4)c4ccc([nH]4)c(-c4ccccc4)c4nc(c(-c5ccccc5)c5ccc2[nH]5)C=C4)C=C3)cc1. The number of fused-ring (bicyclic) bond motifs is 16. The van der Waals surface area contributed by atoms with Gasteiger partial charge < -0.3 is 29.4 Å². The van der Waals surface area contributed by atoms with Crippen molar-refractivity contribution in [3.8, 4) is 89.0 Å². The van der Waals surface area contributed by atoms with Crippen LogP contribution in [0.25, 0.3) is 182 Å². The molecule has 0 aliphatic carbocycles. The Morgan fingerprint density at radius 2 is 0.462 bits per heavy atom. The fourth-order valence-electron chi connectivity index (χ4n) is 17.1. The number of H-pyrrole nitrogens is 4. The van der Waals surface area contributed by atoms with Crippen molar-refractivity contribution in [1.29, 1.82) is 0 Å². The first-order chi connectivity index (χ1) is 58.7. The van der Waals surface area contributed by atoms with Gasteiger partial charge in [0, 0.05) is 88.6 Å². The maximum atomic E-state index is 14.5. The Kier molecular flexibility index (Phi) is 22.5. The van der Waals surface area contributed by atoms with E-state index >= 15 is 0 Å². The number of carbonyl (C=O) groups is 2. The van der Waals surface area contributed by atoms with Crippen LogP contribution in [0.2, 0.25) is 0 Å². The number of carbonyl (C=O) groups excluding carboxylic acids is 2. The minimum atomic E-state index is -0.357. The summed E-state index contributed by atoms with van der Waals surface area (Å²) in [5, 5.41) is 0. The highest BCUT2D eigenvalue weighted by atomic mass is 16.5. The number of aromatic amines is 4. The van der Waals surface area contributed by atoms with Gasteiger partial charge in [-0.05, 0) is 211 Å². The predicted molar refractivity (Wildman–Crippen MR) is 491 cm³/mol. The van der Waals surface area contributed by atoms with Crippen LogP contribution in [0.1, 0.15) is 164 Å². The van der Waals surface area contributed by atoms with Gasteiger partial charge in [-0.2, -0.15) is 0 Å². The summed E-state index contributed by atoms with van der Waals surface area (Å²) in [5.41, 5.74) is 30.6. The molecule has 18 rings (SSSR count). The summed E-state index contributed by atoms with van der Waals surface area (Å²) >= 11 is 0. The Labute approximate surface area is 693 Å². The first kappa shape index (κ1) is 76.2. The maximum absolute atomic E-state index is 14.5. The average molecular weight is 1550 g/mol. The van der Waals surface area contributed by atoms with Crippen LogP contribution in [0.3, 0.4) is 0 Å². The van der Waals surface area contributed by atoms with Crippen molar-refractivity contribution in [2.45, 2.75) is 110 Å². The molecule has 0 fully saturated rings. The van der Waals surface area contributed by atoms with E-state index in [1.54, 1.807) is 0 Å². The van der Waals surface area contributed by atoms with Gasteiger partial charge in [0.25, 0.3) is 0 Å². The Hall–Kier alpha value is -14.1. The first-order valence-corrected chi connectivity index (χ1v) is 42.0. The van der Waals surface area contributed by atoms with Crippen molar-refractivity contribution < 1.29 is 19.1 Å². The molecule has 0 spiro atoms. The van der Waals surface area contributed by atoms with E-state index < -0.39 is 0 Å². The van der Waals surface area contributed by atoms with Crippen molar-refractivity contribution in [2.24, 2.45) is 0 Å². The molecule has 0 saturated carbocycles. The molecule has 16 bridgehead atoms. The molecule has 14 aromatic rings. The molecule has 0 saturated heterocycles. The highest BCUT2D eigenvalue weighted by Crippen LogP contribution is 2.43. The lowest BCUT2D eigenvalue weighted by atomic mass is 10.0. The standard InChI is InChI=1S/C107H92N8O4/c1-3-4-5-7-29-44-81(119-107(117)80-52-48-78(49-53-80)105-96-68-64-92(114-96)102(75-40-25-14-26-41-75)88-60-56-84(110-88)99(72-34-19-11-20-35-72)85-57-61-89(111-85)103(76-42-27-15-28-43-76)93-65-69-97(105)115-93)45-30-9-6-8-16-31-70(2)118-106(116)79-50-46-77(47-51-79)104-94-66-62-90(112-94)100(73-36-21-12-22-37-73)86-58-54-82(108-86)98(71-32-17-10-18-33-71)83-55-59-87(109-83)101(74-38-23-13-24-39-74)91-63-67-95(104)113-91/h10-15,17-28,32-43,46-70,81,108,110,113,115H,3-9,16,29-31,44-45H2,1-2H3/t70-,81+/m0/s1. The van der Waals surface area contributed by atoms with Gasteiger partial charge in [0.05, 0.1) is 62.8 Å². The van der Waals surface area contributed by atoms with E-state index in [1.165, 1.54) is 12.8 Å². The van der Waals surface area contributed by atoms with Gasteiger partial charge in [-0.3, -0.25) is 0 Å². The van der Waals surface area contributed by atoms with Gasteiger partial charge in [-0.15, -0.1) is 0 Å². The molecule has 4 aliphatic rings. The van der Waals surface area contributed by atoms with Gasteiger partial charge in [0.15, 0.2) is 0 Å². The number of hydrogen-bond donors (Lipinski definition) is 4. The van der Waals surface area contributed by atoms with Crippen molar-refractivity contribution in [2.75, 3.05) is 0 Å². The van der Waals surface area contributed by atoms with Crippen LogP contribution in [-0.4, -0.2) is 64.0 Å². The summed E-state index contributed by atoms with van der Waals surface area (Å²) < 4.78 is 12.7. The fourth-order valence-corrected chi connectivity index (χ4v) is 17.1. The van der Waals surface area contributed by atoms with E-state index in [1.807, 2.05) is 91.9 Å². The van der Waals surface area contributed by atoms with E-state index in [0.29, 0.717) is 11.1 Å².